The second-order valence-corrected chi connectivity index (χ2v) is 2.05. The van der Waals surface area contributed by atoms with E-state index < -0.39 is 11.9 Å². The van der Waals surface area contributed by atoms with Gasteiger partial charge in [-0.1, -0.05) is 34.1 Å². The van der Waals surface area contributed by atoms with Crippen molar-refractivity contribution >= 4 is 11.9 Å². The van der Waals surface area contributed by atoms with Crippen molar-refractivity contribution in [1.82, 2.24) is 0 Å². The van der Waals surface area contributed by atoms with Gasteiger partial charge >= 0.3 is 11.9 Å². The van der Waals surface area contributed by atoms with Crippen LogP contribution >= 0.6 is 0 Å². The van der Waals surface area contributed by atoms with E-state index >= 15 is 0 Å². The highest BCUT2D eigenvalue weighted by molar-refractivity contribution is 5.92. The summed E-state index contributed by atoms with van der Waals surface area (Å²) < 4.78 is 4.08. The monoisotopic (exact) mass is 174 g/mol. The van der Waals surface area contributed by atoms with Crippen LogP contribution in [-0.2, 0) is 14.3 Å². The molecule has 3 heteroatoms. The summed E-state index contributed by atoms with van der Waals surface area (Å²) in [5, 5.41) is 0. The number of ether oxygens (including phenoxy) is 1. The van der Waals surface area contributed by atoms with Gasteiger partial charge in [-0.3, -0.25) is 9.59 Å². The van der Waals surface area contributed by atoms with Gasteiger partial charge in [0.25, 0.3) is 0 Å². The first-order chi connectivity index (χ1) is 5.70. The highest BCUT2D eigenvalue weighted by atomic mass is 16.6. The molecule has 3 nitrogen and oxygen atoms in total. The molecular formula is C9H18O3. The number of rotatable bonds is 0. The number of hydrogen-bond acceptors (Lipinski definition) is 3. The van der Waals surface area contributed by atoms with E-state index in [4.69, 9.17) is 0 Å². The average molecular weight is 174 g/mol. The second-order valence-electron chi connectivity index (χ2n) is 2.05. The minimum Gasteiger partial charge on any atom is -0.393 e. The van der Waals surface area contributed by atoms with Crippen LogP contribution < -0.4 is 0 Å². The van der Waals surface area contributed by atoms with E-state index in [0.717, 1.165) is 0 Å². The normalized spacial score (nSPS) is 13.7. The molecule has 1 fully saturated rings. The van der Waals surface area contributed by atoms with Gasteiger partial charge in [0.1, 0.15) is 0 Å². The second kappa shape index (κ2) is 10.1. The minimum absolute atomic E-state index is 0.263. The molecule has 1 saturated heterocycles. The third-order valence-electron chi connectivity index (χ3n) is 0.761. The number of carbonyl (C=O) groups excluding carboxylic acids is 2. The summed E-state index contributed by atoms with van der Waals surface area (Å²) in [5.74, 6) is -0.796. The van der Waals surface area contributed by atoms with Crippen LogP contribution in [0.2, 0.25) is 0 Å². The highest BCUT2D eigenvalue weighted by Gasteiger charge is 2.19. The van der Waals surface area contributed by atoms with Gasteiger partial charge in [-0.25, -0.2) is 0 Å². The molecule has 0 radical (unpaired) electrons. The van der Waals surface area contributed by atoms with Crippen molar-refractivity contribution < 1.29 is 14.3 Å². The van der Waals surface area contributed by atoms with Gasteiger partial charge in [0.2, 0.25) is 0 Å². The third-order valence-corrected chi connectivity index (χ3v) is 0.761. The Hall–Kier alpha value is -0.860. The number of esters is 2. The number of hydrogen-bond donors (Lipinski definition) is 0. The lowest BCUT2D eigenvalue weighted by molar-refractivity contribution is -0.151. The van der Waals surface area contributed by atoms with Gasteiger partial charge in [0.05, 0.1) is 12.8 Å². The van der Waals surface area contributed by atoms with Crippen molar-refractivity contribution in [2.24, 2.45) is 0 Å². The molecule has 1 rings (SSSR count). The minimum atomic E-state index is -0.398. The molecule has 1 heterocycles. The van der Waals surface area contributed by atoms with Crippen LogP contribution in [0.1, 0.15) is 47.0 Å². The molecule has 0 aromatic heterocycles. The van der Waals surface area contributed by atoms with Gasteiger partial charge in [0.15, 0.2) is 0 Å². The molecule has 72 valence electrons. The average Bonchev–Trinajstić information content (AvgIpc) is 2.40. The largest absolute Gasteiger partial charge is 0.393 e. The van der Waals surface area contributed by atoms with Crippen molar-refractivity contribution in [3.8, 4) is 0 Å². The first-order valence-corrected chi connectivity index (χ1v) is 4.44. The molecule has 0 spiro atoms. The van der Waals surface area contributed by atoms with E-state index in [0.29, 0.717) is 0 Å². The van der Waals surface area contributed by atoms with E-state index in [1.807, 2.05) is 13.8 Å². The first-order valence-electron chi connectivity index (χ1n) is 4.44. The fourth-order valence-electron chi connectivity index (χ4n) is 0.433. The molecule has 1 aliphatic rings. The Kier molecular flexibility index (Phi) is 11.6. The van der Waals surface area contributed by atoms with E-state index in [1.165, 1.54) is 6.42 Å². The molecule has 12 heavy (non-hydrogen) atoms. The Labute approximate surface area is 74.1 Å². The zero-order chi connectivity index (χ0) is 9.98. The molecule has 0 aromatic carbocycles. The Bertz CT molecular complexity index is 116. The summed E-state index contributed by atoms with van der Waals surface area (Å²) in [6.07, 6.45) is 1.78. The predicted molar refractivity (Wildman–Crippen MR) is 47.6 cm³/mol. The van der Waals surface area contributed by atoms with E-state index in [9.17, 15) is 9.59 Å². The molecule has 0 saturated carbocycles. The van der Waals surface area contributed by atoms with Crippen molar-refractivity contribution in [2.75, 3.05) is 0 Å². The number of cyclic esters (lactones) is 2. The highest BCUT2D eigenvalue weighted by Crippen LogP contribution is 2.03. The van der Waals surface area contributed by atoms with Crippen LogP contribution in [0.4, 0.5) is 0 Å². The molecule has 0 bridgehead atoms. The van der Waals surface area contributed by atoms with Gasteiger partial charge in [0, 0.05) is 0 Å². The fourth-order valence-corrected chi connectivity index (χ4v) is 0.433. The summed E-state index contributed by atoms with van der Waals surface area (Å²) in [7, 11) is 0. The van der Waals surface area contributed by atoms with Gasteiger partial charge < -0.3 is 4.74 Å². The van der Waals surface area contributed by atoms with E-state index in [-0.39, 0.29) is 12.8 Å². The molecule has 0 amide bonds. The summed E-state index contributed by atoms with van der Waals surface area (Å²) in [4.78, 5) is 20.0. The van der Waals surface area contributed by atoms with E-state index in [1.54, 1.807) is 0 Å². The summed E-state index contributed by atoms with van der Waals surface area (Å²) in [5.41, 5.74) is 0. The van der Waals surface area contributed by atoms with Crippen molar-refractivity contribution in [3.05, 3.63) is 0 Å². The molecule has 1 aliphatic heterocycles. The van der Waals surface area contributed by atoms with Crippen LogP contribution in [0.5, 0.6) is 0 Å². The molecule has 0 aromatic rings. The summed E-state index contributed by atoms with van der Waals surface area (Å²) >= 11 is 0. The molecule has 0 N–H and O–H groups in total. The van der Waals surface area contributed by atoms with Crippen LogP contribution in [0.25, 0.3) is 0 Å². The van der Waals surface area contributed by atoms with Gasteiger partial charge in [-0.05, 0) is 0 Å². The fraction of sp³-hybridized carbons (Fsp3) is 0.778. The van der Waals surface area contributed by atoms with Gasteiger partial charge in [-0.15, -0.1) is 0 Å². The summed E-state index contributed by atoms with van der Waals surface area (Å²) in [6, 6.07) is 0. The van der Waals surface area contributed by atoms with Crippen LogP contribution in [0.15, 0.2) is 0 Å². The maximum absolute atomic E-state index is 10.0. The Morgan fingerprint density at radius 3 is 1.42 bits per heavy atom. The van der Waals surface area contributed by atoms with Gasteiger partial charge in [-0.2, -0.15) is 0 Å². The smallest absolute Gasteiger partial charge is 0.314 e. The van der Waals surface area contributed by atoms with Crippen molar-refractivity contribution in [2.45, 2.75) is 47.0 Å². The molecule has 0 unspecified atom stereocenters. The Balaban J connectivity index is 0. The number of carbonyl (C=O) groups is 2. The SMILES string of the molecule is CC.CCC.O=C1CCC(=O)O1. The zero-order valence-corrected chi connectivity index (χ0v) is 8.35. The molecular weight excluding hydrogens is 156 g/mol. The lowest BCUT2D eigenvalue weighted by Gasteiger charge is -1.79. The maximum atomic E-state index is 10.0. The van der Waals surface area contributed by atoms with Crippen LogP contribution in [-0.4, -0.2) is 11.9 Å². The van der Waals surface area contributed by atoms with Crippen molar-refractivity contribution in [1.29, 1.82) is 0 Å². The lowest BCUT2D eigenvalue weighted by Crippen LogP contribution is -1.94. The Morgan fingerprint density at radius 2 is 1.33 bits per heavy atom. The quantitative estimate of drug-likeness (QED) is 0.418. The topological polar surface area (TPSA) is 43.4 Å². The zero-order valence-electron chi connectivity index (χ0n) is 8.35. The lowest BCUT2D eigenvalue weighted by atomic mass is 10.4. The third kappa shape index (κ3) is 9.14. The standard InChI is InChI=1S/C4H4O3.C3H8.C2H6/c5-3-1-2-4(6)7-3;1-3-2;1-2/h1-2H2;3H2,1-2H3;1-2H3. The predicted octanol–water partition coefficient (Wildman–Crippen LogP) is 2.29. The molecule has 0 atom stereocenters. The summed E-state index contributed by atoms with van der Waals surface area (Å²) in [6.45, 7) is 8.25. The maximum Gasteiger partial charge on any atom is 0.314 e. The first kappa shape index (κ1) is 13.7. The Morgan fingerprint density at radius 1 is 1.08 bits per heavy atom. The molecule has 0 aliphatic carbocycles. The van der Waals surface area contributed by atoms with Crippen LogP contribution in [0, 0.1) is 0 Å². The van der Waals surface area contributed by atoms with E-state index in [2.05, 4.69) is 18.6 Å². The van der Waals surface area contributed by atoms with Crippen molar-refractivity contribution in [3.63, 3.8) is 0 Å². The van der Waals surface area contributed by atoms with Crippen LogP contribution in [0.3, 0.4) is 0 Å².